The molecule has 4 N–H and O–H groups in total. The number of hydrogen-bond donors (Lipinski definition) is 3. The predicted octanol–water partition coefficient (Wildman–Crippen LogP) is 1.76. The summed E-state index contributed by atoms with van der Waals surface area (Å²) in [6, 6.07) is 14.4. The van der Waals surface area contributed by atoms with E-state index in [9.17, 15) is 9.90 Å². The zero-order valence-electron chi connectivity index (χ0n) is 23.0. The van der Waals surface area contributed by atoms with Crippen molar-refractivity contribution in [1.82, 2.24) is 40.1 Å². The second-order valence-corrected chi connectivity index (χ2v) is 10.5. The van der Waals surface area contributed by atoms with E-state index in [0.29, 0.717) is 34.5 Å². The number of aromatic hydroxyl groups is 1. The zero-order chi connectivity index (χ0) is 29.3. The first kappa shape index (κ1) is 26.1. The van der Waals surface area contributed by atoms with Gasteiger partial charge in [-0.25, -0.2) is 19.5 Å². The van der Waals surface area contributed by atoms with Gasteiger partial charge in [-0.05, 0) is 48.6 Å². The zero-order valence-corrected chi connectivity index (χ0v) is 23.0. The number of phenols is 1. The summed E-state index contributed by atoms with van der Waals surface area (Å²) in [5, 5.41) is 25.7. The largest absolute Gasteiger partial charge is 0.507 e. The van der Waals surface area contributed by atoms with Gasteiger partial charge < -0.3 is 26.0 Å². The Kier molecular flexibility index (Phi) is 6.63. The van der Waals surface area contributed by atoms with Crippen LogP contribution in [-0.4, -0.2) is 78.0 Å². The van der Waals surface area contributed by atoms with Crippen molar-refractivity contribution in [2.45, 2.75) is 12.5 Å². The quantitative estimate of drug-likeness (QED) is 0.263. The topological polar surface area (TPSA) is 164 Å². The van der Waals surface area contributed by atoms with Crippen molar-refractivity contribution in [2.75, 3.05) is 41.7 Å². The summed E-state index contributed by atoms with van der Waals surface area (Å²) >= 11 is 0. The van der Waals surface area contributed by atoms with Gasteiger partial charge in [0.15, 0.2) is 17.2 Å². The predicted molar refractivity (Wildman–Crippen MR) is 159 cm³/mol. The Bertz CT molecular complexity index is 1860. The third kappa shape index (κ3) is 5.21. The smallest absolute Gasteiger partial charge is 0.272 e. The van der Waals surface area contributed by atoms with Crippen LogP contribution in [0, 0.1) is 17.8 Å². The van der Waals surface area contributed by atoms with E-state index in [4.69, 9.17) is 5.73 Å². The number of para-hydroxylation sites is 1. The molecule has 2 aliphatic rings. The lowest BCUT2D eigenvalue weighted by Gasteiger charge is -2.34. The summed E-state index contributed by atoms with van der Waals surface area (Å²) in [5.74, 6) is 7.65. The number of nitrogens with two attached hydrogens (primary N) is 1. The Morgan fingerprint density at radius 1 is 1.07 bits per heavy atom. The highest BCUT2D eigenvalue weighted by atomic mass is 16.3. The van der Waals surface area contributed by atoms with Crippen LogP contribution in [0.2, 0.25) is 0 Å². The van der Waals surface area contributed by atoms with Crippen molar-refractivity contribution in [3.8, 4) is 28.8 Å². The molecular formula is C30H27N11O2. The highest BCUT2D eigenvalue weighted by Gasteiger charge is 2.40. The number of carbonyl (C=O) groups is 1. The van der Waals surface area contributed by atoms with E-state index in [1.54, 1.807) is 47.4 Å². The van der Waals surface area contributed by atoms with Crippen molar-refractivity contribution in [3.63, 3.8) is 0 Å². The maximum absolute atomic E-state index is 12.5. The van der Waals surface area contributed by atoms with Gasteiger partial charge in [0.2, 0.25) is 5.82 Å². The first-order chi connectivity index (χ1) is 21.0. The highest BCUT2D eigenvalue weighted by Crippen LogP contribution is 2.38. The van der Waals surface area contributed by atoms with E-state index in [0.717, 1.165) is 37.6 Å². The number of hydrogen-bond acceptors (Lipinski definition) is 11. The Balaban J connectivity index is 1.02. The van der Waals surface area contributed by atoms with Crippen LogP contribution in [0.25, 0.3) is 16.9 Å². The van der Waals surface area contributed by atoms with Gasteiger partial charge in [0.05, 0.1) is 17.9 Å². The first-order valence-electron chi connectivity index (χ1n) is 13.9. The second-order valence-electron chi connectivity index (χ2n) is 10.5. The van der Waals surface area contributed by atoms with Crippen LogP contribution in [-0.2, 0) is 0 Å². The molecule has 2 saturated heterocycles. The molecule has 214 valence electrons. The van der Waals surface area contributed by atoms with Gasteiger partial charge in [0, 0.05) is 55.9 Å². The minimum atomic E-state index is -0.333. The van der Waals surface area contributed by atoms with Crippen molar-refractivity contribution in [3.05, 3.63) is 78.6 Å². The third-order valence-corrected chi connectivity index (χ3v) is 7.67. The number of anilines is 3. The molecule has 2 fully saturated rings. The molecule has 1 aromatic carbocycles. The molecular weight excluding hydrogens is 546 g/mol. The lowest BCUT2D eigenvalue weighted by molar-refractivity contribution is 0.0953. The van der Waals surface area contributed by atoms with Crippen molar-refractivity contribution in [2.24, 2.45) is 5.92 Å². The van der Waals surface area contributed by atoms with E-state index < -0.39 is 0 Å². The van der Waals surface area contributed by atoms with Gasteiger partial charge in [0.25, 0.3) is 5.91 Å². The Morgan fingerprint density at radius 3 is 2.86 bits per heavy atom. The molecule has 0 saturated carbocycles. The van der Waals surface area contributed by atoms with Crippen LogP contribution in [0.5, 0.6) is 5.75 Å². The molecule has 0 aliphatic carbocycles. The van der Waals surface area contributed by atoms with Crippen LogP contribution in [0.1, 0.15) is 22.7 Å². The van der Waals surface area contributed by atoms with Gasteiger partial charge in [-0.3, -0.25) is 4.79 Å². The van der Waals surface area contributed by atoms with E-state index in [-0.39, 0.29) is 29.9 Å². The molecule has 0 radical (unpaired) electrons. The molecule has 1 amide bonds. The molecule has 2 atom stereocenters. The van der Waals surface area contributed by atoms with Gasteiger partial charge in [-0.1, -0.05) is 18.1 Å². The summed E-state index contributed by atoms with van der Waals surface area (Å²) in [6.07, 6.45) is 6.11. The van der Waals surface area contributed by atoms with Crippen molar-refractivity contribution in [1.29, 1.82) is 0 Å². The third-order valence-electron chi connectivity index (χ3n) is 7.67. The molecule has 13 nitrogen and oxygen atoms in total. The number of piperidine rings is 1. The monoisotopic (exact) mass is 573 g/mol. The second kappa shape index (κ2) is 10.9. The first-order valence-corrected chi connectivity index (χ1v) is 13.9. The molecule has 7 rings (SSSR count). The van der Waals surface area contributed by atoms with Crippen LogP contribution < -0.4 is 20.9 Å². The fraction of sp³-hybridized carbons (Fsp3) is 0.233. The fourth-order valence-corrected chi connectivity index (χ4v) is 5.75. The molecule has 5 aromatic rings. The molecule has 2 bridgehead atoms. The molecule has 0 unspecified atom stereocenters. The summed E-state index contributed by atoms with van der Waals surface area (Å²) < 4.78 is 1.54. The average molecular weight is 574 g/mol. The standard InChI is InChI=1S/C30H27N11O2/c31-29-24(14-22(36-37-29)21-5-1-2-6-25(21)42)40-17-19-13-20(40)18-39(16-19)27-8-11-32-26(35-27)7-3-9-34-30(43)23-15-28-33-10-4-12-41(28)38-23/h1-2,4-6,8,10-12,14-15,19-20,42H,9,13,16-18H2,(H2,31,37)(H,34,43)/t19-,20+/m1/s1. The van der Waals surface area contributed by atoms with Crippen LogP contribution in [0.4, 0.5) is 17.3 Å². The number of rotatable bonds is 5. The maximum atomic E-state index is 12.5. The van der Waals surface area contributed by atoms with Crippen LogP contribution in [0.3, 0.4) is 0 Å². The number of benzene rings is 1. The number of aromatic nitrogens is 7. The van der Waals surface area contributed by atoms with E-state index in [1.807, 2.05) is 24.3 Å². The van der Waals surface area contributed by atoms with Gasteiger partial charge in [-0.2, -0.15) is 5.10 Å². The van der Waals surface area contributed by atoms with Gasteiger partial charge >= 0.3 is 0 Å². The SMILES string of the molecule is Nc1nnc(-c2ccccc2O)cc1N1C[C@@H]2C[C@H]1CN(c1ccnc(C#CCNC(=O)c3cc4ncccn4n3)n1)C2. The highest BCUT2D eigenvalue weighted by molar-refractivity contribution is 5.93. The number of amides is 1. The summed E-state index contributed by atoms with van der Waals surface area (Å²) in [6.45, 7) is 2.54. The van der Waals surface area contributed by atoms with E-state index in [1.165, 1.54) is 0 Å². The average Bonchev–Trinajstić information content (AvgIpc) is 3.60. The van der Waals surface area contributed by atoms with E-state index >= 15 is 0 Å². The lowest BCUT2D eigenvalue weighted by atomic mass is 10.00. The van der Waals surface area contributed by atoms with Gasteiger partial charge in [0.1, 0.15) is 11.6 Å². The molecule has 43 heavy (non-hydrogen) atoms. The maximum Gasteiger partial charge on any atom is 0.272 e. The van der Waals surface area contributed by atoms with E-state index in [2.05, 4.69) is 57.2 Å². The van der Waals surface area contributed by atoms with Crippen LogP contribution in [0.15, 0.2) is 67.1 Å². The summed E-state index contributed by atoms with van der Waals surface area (Å²) in [7, 11) is 0. The normalized spacial score (nSPS) is 17.5. The number of nitrogens with one attached hydrogen (secondary N) is 1. The van der Waals surface area contributed by atoms with Crippen LogP contribution >= 0.6 is 0 Å². The van der Waals surface area contributed by atoms with Crippen molar-refractivity contribution >= 4 is 28.9 Å². The number of carbonyl (C=O) groups excluding carboxylic acids is 1. The number of nitrogen functional groups attached to an aromatic ring is 1. The van der Waals surface area contributed by atoms with Crippen molar-refractivity contribution < 1.29 is 9.90 Å². The molecule has 6 heterocycles. The molecule has 4 aromatic heterocycles. The number of fused-ring (bicyclic) bond motifs is 3. The molecule has 2 aliphatic heterocycles. The summed E-state index contributed by atoms with van der Waals surface area (Å²) in [5.41, 5.74) is 9.17. The minimum Gasteiger partial charge on any atom is -0.507 e. The number of nitrogens with zero attached hydrogens (tertiary/aromatic N) is 9. The van der Waals surface area contributed by atoms with Gasteiger partial charge in [-0.15, -0.1) is 10.2 Å². The minimum absolute atomic E-state index is 0.126. The Morgan fingerprint density at radius 2 is 1.98 bits per heavy atom. The number of phenolic OH excluding ortho intramolecular Hbond substituents is 1. The Labute approximate surface area is 246 Å². The lowest BCUT2D eigenvalue weighted by Crippen LogP contribution is -2.43. The fourth-order valence-electron chi connectivity index (χ4n) is 5.75. The molecule has 13 heteroatoms. The molecule has 0 spiro atoms. The summed E-state index contributed by atoms with van der Waals surface area (Å²) in [4.78, 5) is 30.2. The Hall–Kier alpha value is -5.77.